The van der Waals surface area contributed by atoms with Crippen molar-refractivity contribution in [2.24, 2.45) is 5.92 Å². The third kappa shape index (κ3) is 3.60. The Labute approximate surface area is 158 Å². The quantitative estimate of drug-likeness (QED) is 0.866. The van der Waals surface area contributed by atoms with Crippen molar-refractivity contribution in [1.29, 1.82) is 0 Å². The van der Waals surface area contributed by atoms with Crippen molar-refractivity contribution in [2.45, 2.75) is 38.8 Å². The van der Waals surface area contributed by atoms with E-state index in [1.54, 1.807) is 18.3 Å². The minimum atomic E-state index is -0.273. The second-order valence-electron chi connectivity index (χ2n) is 7.40. The molecule has 5 rings (SSSR count). The summed E-state index contributed by atoms with van der Waals surface area (Å²) < 4.78 is 5.70. The van der Waals surface area contributed by atoms with Crippen molar-refractivity contribution in [1.82, 2.24) is 15.2 Å². The van der Waals surface area contributed by atoms with Gasteiger partial charge >= 0.3 is 5.91 Å². The molecule has 1 aromatic carbocycles. The number of nitrogens with one attached hydrogen (secondary N) is 2. The number of piperidine rings is 3. The lowest BCUT2D eigenvalue weighted by Gasteiger charge is -2.49. The minimum Gasteiger partial charge on any atom is -0.432 e. The summed E-state index contributed by atoms with van der Waals surface area (Å²) in [4.78, 5) is 30.5. The predicted molar refractivity (Wildman–Crippen MR) is 101 cm³/mol. The summed E-state index contributed by atoms with van der Waals surface area (Å²) >= 11 is 0. The van der Waals surface area contributed by atoms with Crippen LogP contribution in [0.5, 0.6) is 0 Å². The van der Waals surface area contributed by atoms with Gasteiger partial charge in [-0.05, 0) is 50.9 Å². The number of hydrogen-bond acceptors (Lipinski definition) is 5. The van der Waals surface area contributed by atoms with Crippen molar-refractivity contribution in [2.75, 3.05) is 18.4 Å². The van der Waals surface area contributed by atoms with Crippen molar-refractivity contribution >= 4 is 17.5 Å². The number of benzene rings is 1. The number of hydrogen-bond donors (Lipinski definition) is 2. The Morgan fingerprint density at radius 1 is 1.26 bits per heavy atom. The van der Waals surface area contributed by atoms with Gasteiger partial charge in [0.2, 0.25) is 5.91 Å². The Morgan fingerprint density at radius 2 is 2.04 bits per heavy atom. The van der Waals surface area contributed by atoms with Crippen LogP contribution in [0, 0.1) is 5.92 Å². The van der Waals surface area contributed by atoms with E-state index in [9.17, 15) is 9.59 Å². The molecular formula is C20H24N4O3. The molecule has 2 aromatic rings. The van der Waals surface area contributed by atoms with Crippen LogP contribution in [0.4, 0.5) is 5.69 Å². The third-order valence-electron chi connectivity index (χ3n) is 5.64. The number of carbonyl (C=O) groups is 2. The van der Waals surface area contributed by atoms with Crippen molar-refractivity contribution in [3.63, 3.8) is 0 Å². The predicted octanol–water partition coefficient (Wildman–Crippen LogP) is 2.51. The summed E-state index contributed by atoms with van der Waals surface area (Å²) in [6, 6.07) is 7.73. The molecule has 2 atom stereocenters. The Morgan fingerprint density at radius 3 is 2.74 bits per heavy atom. The normalized spacial score (nSPS) is 26.6. The first-order chi connectivity index (χ1) is 13.0. The van der Waals surface area contributed by atoms with Gasteiger partial charge in [-0.2, -0.15) is 0 Å². The summed E-state index contributed by atoms with van der Waals surface area (Å²) in [6.07, 6.45) is 3.80. The summed E-state index contributed by atoms with van der Waals surface area (Å²) in [5.74, 6) is 0.673. The fraction of sp³-hybridized carbons (Fsp3) is 0.450. The number of anilines is 1. The topological polar surface area (TPSA) is 87.5 Å². The van der Waals surface area contributed by atoms with E-state index in [-0.39, 0.29) is 23.7 Å². The van der Waals surface area contributed by atoms with E-state index in [2.05, 4.69) is 27.4 Å². The maximum Gasteiger partial charge on any atom is 0.307 e. The van der Waals surface area contributed by atoms with Crippen LogP contribution in [0.2, 0.25) is 0 Å². The molecule has 27 heavy (non-hydrogen) atoms. The number of oxazole rings is 1. The molecule has 2 amide bonds. The Bertz CT molecular complexity index is 852. The molecule has 2 bridgehead atoms. The van der Waals surface area contributed by atoms with Gasteiger partial charge < -0.3 is 15.1 Å². The SMILES string of the molecule is CC(=O)Nc1cccc(-c2cnc(C(=O)NC3C4CCN(CC4)C3C)o2)c1. The average Bonchev–Trinajstić information content (AvgIpc) is 3.15. The number of nitrogens with zero attached hydrogens (tertiary/aromatic N) is 2. The van der Waals surface area contributed by atoms with Gasteiger partial charge in [0.25, 0.3) is 5.89 Å². The number of rotatable bonds is 4. The van der Waals surface area contributed by atoms with Crippen molar-refractivity contribution in [3.8, 4) is 11.3 Å². The van der Waals surface area contributed by atoms with Crippen LogP contribution >= 0.6 is 0 Å². The summed E-state index contributed by atoms with van der Waals surface area (Å²) in [5, 5.41) is 5.86. The highest BCUT2D eigenvalue weighted by Crippen LogP contribution is 2.32. The highest BCUT2D eigenvalue weighted by molar-refractivity contribution is 5.91. The molecule has 0 saturated carbocycles. The van der Waals surface area contributed by atoms with Gasteiger partial charge in [0, 0.05) is 30.3 Å². The Kier molecular flexibility index (Phi) is 4.70. The number of fused-ring (bicyclic) bond motifs is 3. The second kappa shape index (κ2) is 7.15. The van der Waals surface area contributed by atoms with Gasteiger partial charge in [0.15, 0.2) is 5.76 Å². The van der Waals surface area contributed by atoms with Crippen LogP contribution in [0.25, 0.3) is 11.3 Å². The maximum absolute atomic E-state index is 12.6. The van der Waals surface area contributed by atoms with Gasteiger partial charge in [-0.25, -0.2) is 4.98 Å². The molecule has 0 aliphatic carbocycles. The number of aromatic nitrogens is 1. The molecule has 3 aliphatic rings. The average molecular weight is 368 g/mol. The van der Waals surface area contributed by atoms with Crippen molar-refractivity contribution in [3.05, 3.63) is 36.4 Å². The zero-order chi connectivity index (χ0) is 19.0. The highest BCUT2D eigenvalue weighted by atomic mass is 16.4. The first-order valence-corrected chi connectivity index (χ1v) is 9.40. The van der Waals surface area contributed by atoms with Crippen LogP contribution in [0.3, 0.4) is 0 Å². The van der Waals surface area contributed by atoms with Gasteiger partial charge in [0.1, 0.15) is 0 Å². The van der Waals surface area contributed by atoms with Gasteiger partial charge in [-0.1, -0.05) is 12.1 Å². The van der Waals surface area contributed by atoms with Crippen LogP contribution in [-0.2, 0) is 4.79 Å². The molecule has 2 N–H and O–H groups in total. The van der Waals surface area contributed by atoms with Crippen molar-refractivity contribution < 1.29 is 14.0 Å². The molecule has 3 saturated heterocycles. The molecule has 142 valence electrons. The monoisotopic (exact) mass is 368 g/mol. The molecular weight excluding hydrogens is 344 g/mol. The van der Waals surface area contributed by atoms with Gasteiger partial charge in [-0.15, -0.1) is 0 Å². The Hall–Kier alpha value is -2.67. The Balaban J connectivity index is 1.48. The molecule has 0 spiro atoms. The lowest BCUT2D eigenvalue weighted by atomic mass is 9.79. The molecule has 1 aromatic heterocycles. The van der Waals surface area contributed by atoms with Crippen LogP contribution < -0.4 is 10.6 Å². The standard InChI is InChI=1S/C20H24N4O3/c1-12-18(14-6-8-24(12)9-7-14)23-19(26)20-21-11-17(27-20)15-4-3-5-16(10-15)22-13(2)25/h3-5,10-12,14,18H,6-9H2,1-2H3,(H,22,25)(H,23,26). The first kappa shape index (κ1) is 17.7. The molecule has 7 nitrogen and oxygen atoms in total. The molecule has 7 heteroatoms. The van der Waals surface area contributed by atoms with E-state index < -0.39 is 0 Å². The van der Waals surface area contributed by atoms with E-state index in [1.165, 1.54) is 6.92 Å². The van der Waals surface area contributed by atoms with E-state index in [1.807, 2.05) is 12.1 Å². The van der Waals surface area contributed by atoms with Crippen LogP contribution in [-0.4, -0.2) is 46.9 Å². The zero-order valence-corrected chi connectivity index (χ0v) is 15.6. The lowest BCUT2D eigenvalue weighted by molar-refractivity contribution is -0.114. The van der Waals surface area contributed by atoms with Crippen LogP contribution in [0.15, 0.2) is 34.9 Å². The van der Waals surface area contributed by atoms with Gasteiger partial charge in [-0.3, -0.25) is 14.5 Å². The zero-order valence-electron chi connectivity index (χ0n) is 15.6. The van der Waals surface area contributed by atoms with Crippen LogP contribution in [0.1, 0.15) is 37.4 Å². The molecule has 2 unspecified atom stereocenters. The molecule has 4 heterocycles. The highest BCUT2D eigenvalue weighted by Gasteiger charge is 2.40. The number of amides is 2. The van der Waals surface area contributed by atoms with Gasteiger partial charge in [0.05, 0.1) is 6.20 Å². The minimum absolute atomic E-state index is 0.0681. The van der Waals surface area contributed by atoms with E-state index in [0.717, 1.165) is 31.5 Å². The van der Waals surface area contributed by atoms with E-state index >= 15 is 0 Å². The number of carbonyl (C=O) groups excluding carboxylic acids is 2. The summed E-state index contributed by atoms with van der Waals surface area (Å²) in [7, 11) is 0. The summed E-state index contributed by atoms with van der Waals surface area (Å²) in [6.45, 7) is 5.86. The summed E-state index contributed by atoms with van der Waals surface area (Å²) in [5.41, 5.74) is 1.42. The molecule has 3 aliphatic heterocycles. The first-order valence-electron chi connectivity index (χ1n) is 9.40. The van der Waals surface area contributed by atoms with E-state index in [0.29, 0.717) is 23.4 Å². The smallest absolute Gasteiger partial charge is 0.307 e. The lowest BCUT2D eigenvalue weighted by Crippen LogP contribution is -2.62. The fourth-order valence-corrected chi connectivity index (χ4v) is 4.22. The third-order valence-corrected chi connectivity index (χ3v) is 5.64. The fourth-order valence-electron chi connectivity index (χ4n) is 4.22. The largest absolute Gasteiger partial charge is 0.432 e. The molecule has 0 radical (unpaired) electrons. The molecule has 3 fully saturated rings. The maximum atomic E-state index is 12.6. The van der Waals surface area contributed by atoms with E-state index in [4.69, 9.17) is 4.42 Å². The second-order valence-corrected chi connectivity index (χ2v) is 7.40.